The highest BCUT2D eigenvalue weighted by molar-refractivity contribution is 6.00. The molecule has 5 heteroatoms. The van der Waals surface area contributed by atoms with Crippen LogP contribution in [-0.4, -0.2) is 50.1 Å². The summed E-state index contributed by atoms with van der Waals surface area (Å²) in [5.74, 6) is 0.947. The molecule has 0 amide bonds. The molecule has 3 rings (SSSR count). The van der Waals surface area contributed by atoms with Crippen LogP contribution in [0.2, 0.25) is 0 Å². The van der Waals surface area contributed by atoms with Crippen molar-refractivity contribution in [2.24, 2.45) is 5.73 Å². The van der Waals surface area contributed by atoms with Gasteiger partial charge >= 0.3 is 0 Å². The molecule has 1 unspecified atom stereocenters. The smallest absolute Gasteiger partial charge is 0.124 e. The van der Waals surface area contributed by atoms with Crippen molar-refractivity contribution in [3.8, 4) is 5.75 Å². The van der Waals surface area contributed by atoms with Gasteiger partial charge in [0.05, 0.1) is 12.8 Å². The van der Waals surface area contributed by atoms with Crippen LogP contribution >= 0.6 is 0 Å². The lowest BCUT2D eigenvalue weighted by Crippen LogP contribution is -2.37. The Morgan fingerprint density at radius 3 is 2.86 bits per heavy atom. The molecule has 3 N–H and O–H groups in total. The van der Waals surface area contributed by atoms with Gasteiger partial charge in [-0.3, -0.25) is 10.3 Å². The number of rotatable bonds is 3. The molecule has 0 bridgehead atoms. The number of benzene rings is 1. The Morgan fingerprint density at radius 2 is 2.10 bits per heavy atom. The fourth-order valence-electron chi connectivity index (χ4n) is 3.55. The predicted molar refractivity (Wildman–Crippen MR) is 85.4 cm³/mol. The first-order chi connectivity index (χ1) is 10.2. The first-order valence-electron chi connectivity index (χ1n) is 7.70. The molecule has 5 nitrogen and oxygen atoms in total. The van der Waals surface area contributed by atoms with Gasteiger partial charge in [-0.15, -0.1) is 0 Å². The van der Waals surface area contributed by atoms with Crippen LogP contribution in [0.15, 0.2) is 18.2 Å². The molecule has 0 aliphatic carbocycles. The van der Waals surface area contributed by atoms with E-state index in [-0.39, 0.29) is 5.84 Å². The van der Waals surface area contributed by atoms with Crippen LogP contribution in [0.3, 0.4) is 0 Å². The van der Waals surface area contributed by atoms with Gasteiger partial charge < -0.3 is 15.4 Å². The molecule has 2 heterocycles. The molecule has 21 heavy (non-hydrogen) atoms. The second-order valence-corrected chi connectivity index (χ2v) is 5.93. The largest absolute Gasteiger partial charge is 0.497 e. The summed E-state index contributed by atoms with van der Waals surface area (Å²) in [5.41, 5.74) is 7.61. The zero-order chi connectivity index (χ0) is 14.8. The quantitative estimate of drug-likeness (QED) is 0.656. The minimum atomic E-state index is 0.125. The summed E-state index contributed by atoms with van der Waals surface area (Å²) in [6, 6.07) is 6.42. The maximum atomic E-state index is 7.82. The van der Waals surface area contributed by atoms with Crippen molar-refractivity contribution < 1.29 is 4.74 Å². The van der Waals surface area contributed by atoms with Crippen molar-refractivity contribution in [3.63, 3.8) is 0 Å². The van der Waals surface area contributed by atoms with Crippen LogP contribution < -0.4 is 15.4 Å². The maximum Gasteiger partial charge on any atom is 0.124 e. The van der Waals surface area contributed by atoms with Crippen LogP contribution in [0.1, 0.15) is 24.8 Å². The summed E-state index contributed by atoms with van der Waals surface area (Å²) in [5, 5.41) is 7.82. The lowest BCUT2D eigenvalue weighted by atomic mass is 10.1. The summed E-state index contributed by atoms with van der Waals surface area (Å²) < 4.78 is 5.35. The first kappa shape index (κ1) is 14.2. The van der Waals surface area contributed by atoms with Gasteiger partial charge in [-0.2, -0.15) is 0 Å². The van der Waals surface area contributed by atoms with Gasteiger partial charge in [0.2, 0.25) is 0 Å². The lowest BCUT2D eigenvalue weighted by Gasteiger charge is -2.29. The third kappa shape index (κ3) is 2.83. The Labute approximate surface area is 126 Å². The molecule has 2 fully saturated rings. The number of nitrogens with zero attached hydrogens (tertiary/aromatic N) is 2. The molecule has 1 atom stereocenters. The van der Waals surface area contributed by atoms with Crippen LogP contribution in [0.4, 0.5) is 5.69 Å². The number of methoxy groups -OCH3 is 1. The zero-order valence-electron chi connectivity index (χ0n) is 12.6. The molecule has 0 spiro atoms. The fraction of sp³-hybridized carbons (Fsp3) is 0.562. The van der Waals surface area contributed by atoms with Crippen molar-refractivity contribution in [1.29, 1.82) is 5.41 Å². The van der Waals surface area contributed by atoms with Crippen LogP contribution in [-0.2, 0) is 0 Å². The molecule has 114 valence electrons. The summed E-state index contributed by atoms with van der Waals surface area (Å²) in [6.07, 6.45) is 3.73. The number of hydrogen-bond donors (Lipinski definition) is 2. The molecule has 0 aromatic heterocycles. The van der Waals surface area contributed by atoms with Crippen LogP contribution in [0.5, 0.6) is 5.75 Å². The summed E-state index contributed by atoms with van der Waals surface area (Å²) in [4.78, 5) is 4.99. The van der Waals surface area contributed by atoms with E-state index in [0.717, 1.165) is 36.5 Å². The SMILES string of the molecule is COc1ccc(C(=N)N)c(N2CCCN3CCCC3C2)c1. The van der Waals surface area contributed by atoms with E-state index in [1.54, 1.807) is 7.11 Å². The number of nitrogens with one attached hydrogen (secondary N) is 1. The average molecular weight is 288 g/mol. The number of hydrogen-bond acceptors (Lipinski definition) is 4. The van der Waals surface area contributed by atoms with Gasteiger partial charge in [-0.1, -0.05) is 0 Å². The Kier molecular flexibility index (Phi) is 4.01. The molecule has 0 radical (unpaired) electrons. The fourth-order valence-corrected chi connectivity index (χ4v) is 3.55. The Balaban J connectivity index is 1.92. The number of nitrogen functional groups attached to an aromatic ring is 1. The van der Waals surface area contributed by atoms with Gasteiger partial charge in [0.15, 0.2) is 0 Å². The minimum absolute atomic E-state index is 0.125. The third-order valence-corrected chi connectivity index (χ3v) is 4.64. The van der Waals surface area contributed by atoms with Crippen molar-refractivity contribution in [3.05, 3.63) is 23.8 Å². The normalized spacial score (nSPS) is 22.7. The highest BCUT2D eigenvalue weighted by Gasteiger charge is 2.29. The van der Waals surface area contributed by atoms with Crippen molar-refractivity contribution in [2.75, 3.05) is 38.2 Å². The zero-order valence-corrected chi connectivity index (χ0v) is 12.6. The summed E-state index contributed by atoms with van der Waals surface area (Å²) in [7, 11) is 1.67. The molecular formula is C16H24N4O. The van der Waals surface area contributed by atoms with Gasteiger partial charge in [-0.25, -0.2) is 0 Å². The van der Waals surface area contributed by atoms with E-state index >= 15 is 0 Å². The van der Waals surface area contributed by atoms with E-state index in [9.17, 15) is 0 Å². The Hall–Kier alpha value is -1.75. The van der Waals surface area contributed by atoms with E-state index in [0.29, 0.717) is 6.04 Å². The van der Waals surface area contributed by atoms with Gasteiger partial charge in [0.1, 0.15) is 11.6 Å². The summed E-state index contributed by atoms with van der Waals surface area (Å²) >= 11 is 0. The molecule has 2 aliphatic rings. The summed E-state index contributed by atoms with van der Waals surface area (Å²) in [6.45, 7) is 4.45. The molecule has 1 aromatic rings. The van der Waals surface area contributed by atoms with Crippen LogP contribution in [0, 0.1) is 5.41 Å². The highest BCUT2D eigenvalue weighted by Crippen LogP contribution is 2.30. The molecule has 0 saturated carbocycles. The van der Waals surface area contributed by atoms with E-state index in [1.165, 1.54) is 25.9 Å². The van der Waals surface area contributed by atoms with Crippen molar-refractivity contribution in [1.82, 2.24) is 4.90 Å². The van der Waals surface area contributed by atoms with E-state index < -0.39 is 0 Å². The van der Waals surface area contributed by atoms with E-state index in [1.807, 2.05) is 18.2 Å². The standard InChI is InChI=1S/C16H24N4O/c1-21-13-5-6-14(16(17)18)15(10-13)20-9-3-8-19-7-2-4-12(19)11-20/h5-6,10,12H,2-4,7-9,11H2,1H3,(H3,17,18). The van der Waals surface area contributed by atoms with Gasteiger partial charge in [0, 0.05) is 37.3 Å². The van der Waals surface area contributed by atoms with Crippen molar-refractivity contribution in [2.45, 2.75) is 25.3 Å². The maximum absolute atomic E-state index is 7.82. The number of nitrogens with two attached hydrogens (primary N) is 1. The highest BCUT2D eigenvalue weighted by atomic mass is 16.5. The minimum Gasteiger partial charge on any atom is -0.497 e. The third-order valence-electron chi connectivity index (χ3n) is 4.64. The molecule has 1 aromatic carbocycles. The van der Waals surface area contributed by atoms with E-state index in [4.69, 9.17) is 15.9 Å². The average Bonchev–Trinajstić information content (AvgIpc) is 2.83. The first-order valence-corrected chi connectivity index (χ1v) is 7.70. The number of amidine groups is 1. The van der Waals surface area contributed by atoms with Gasteiger partial charge in [0.25, 0.3) is 0 Å². The van der Waals surface area contributed by atoms with Crippen molar-refractivity contribution >= 4 is 11.5 Å². The molecule has 2 saturated heterocycles. The Morgan fingerprint density at radius 1 is 1.29 bits per heavy atom. The number of anilines is 1. The monoisotopic (exact) mass is 288 g/mol. The number of fused-ring (bicyclic) bond motifs is 1. The number of ether oxygens (including phenoxy) is 1. The van der Waals surface area contributed by atoms with Crippen LogP contribution in [0.25, 0.3) is 0 Å². The second-order valence-electron chi connectivity index (χ2n) is 5.93. The van der Waals surface area contributed by atoms with Gasteiger partial charge in [-0.05, 0) is 37.9 Å². The Bertz CT molecular complexity index is 531. The topological polar surface area (TPSA) is 65.6 Å². The second kappa shape index (κ2) is 5.93. The molecule has 2 aliphatic heterocycles. The van der Waals surface area contributed by atoms with E-state index in [2.05, 4.69) is 9.80 Å². The predicted octanol–water partition coefficient (Wildman–Crippen LogP) is 1.65. The molecular weight excluding hydrogens is 264 g/mol. The lowest BCUT2D eigenvalue weighted by molar-refractivity contribution is 0.273.